The van der Waals surface area contributed by atoms with Crippen molar-refractivity contribution in [3.05, 3.63) is 48.5 Å². The predicted molar refractivity (Wildman–Crippen MR) is 167 cm³/mol. The lowest BCUT2D eigenvalue weighted by atomic mass is 10.2. The van der Waals surface area contributed by atoms with E-state index in [9.17, 15) is 0 Å². The minimum absolute atomic E-state index is 0.796. The molecule has 1 nitrogen and oxygen atoms in total. The lowest BCUT2D eigenvalue weighted by Crippen LogP contribution is -2.12. The minimum atomic E-state index is -1.31. The fourth-order valence-corrected chi connectivity index (χ4v) is 5.07. The Morgan fingerprint density at radius 3 is 1.03 bits per heavy atom. The molecule has 0 atom stereocenters. The third-order valence-corrected chi connectivity index (χ3v) is 7.10. The van der Waals surface area contributed by atoms with Gasteiger partial charge in [0, 0.05) is 22.0 Å². The molecule has 1 N–H and O–H groups in total. The van der Waals surface area contributed by atoms with Crippen LogP contribution in [-0.2, 0) is 0 Å². The van der Waals surface area contributed by atoms with Crippen molar-refractivity contribution in [2.45, 2.75) is 0 Å². The van der Waals surface area contributed by atoms with E-state index in [2.05, 4.69) is 123 Å². The molecule has 0 spiro atoms. The topological polar surface area (TPSA) is 12.0 Å². The van der Waals surface area contributed by atoms with Gasteiger partial charge in [0.05, 0.1) is 15.8 Å². The molecule has 0 aliphatic heterocycles. The smallest absolute Gasteiger partial charge is 0.0853 e. The molecule has 0 fully saturated rings. The normalized spacial score (nSPS) is 7.23. The Bertz CT molecular complexity index is 1700. The van der Waals surface area contributed by atoms with Crippen LogP contribution in [0.4, 0.5) is 11.4 Å². The van der Waals surface area contributed by atoms with Gasteiger partial charge in [-0.05, 0) is 130 Å². The van der Waals surface area contributed by atoms with Gasteiger partial charge in [0.25, 0.3) is 0 Å². The fourth-order valence-electron chi connectivity index (χ4n) is 2.60. The van der Waals surface area contributed by atoms with Gasteiger partial charge in [0.15, 0.2) is 0 Å². The van der Waals surface area contributed by atoms with Crippen LogP contribution in [0.1, 0.15) is 0 Å². The van der Waals surface area contributed by atoms with Crippen molar-refractivity contribution in [3.8, 4) is 143 Å². The molecule has 0 heterocycles. The highest BCUT2D eigenvalue weighted by Gasteiger charge is 2.15. The van der Waals surface area contributed by atoms with Crippen LogP contribution in [0.15, 0.2) is 48.5 Å². The van der Waals surface area contributed by atoms with Gasteiger partial charge in [0.1, 0.15) is 0 Å². The van der Waals surface area contributed by atoms with Crippen LogP contribution in [0.5, 0.6) is 0 Å². The van der Waals surface area contributed by atoms with Crippen LogP contribution < -0.4 is 15.9 Å². The van der Waals surface area contributed by atoms with Gasteiger partial charge in [-0.2, -0.15) is 0 Å². The first-order valence-electron chi connectivity index (χ1n) is 10.7. The average Bonchev–Trinajstić information content (AvgIpc) is 2.96. The van der Waals surface area contributed by atoms with Gasteiger partial charge in [-0.3, -0.25) is 0 Å². The van der Waals surface area contributed by atoms with Gasteiger partial charge in [0.2, 0.25) is 0 Å². The Hall–Kier alpha value is -6.18. The molecule has 0 amide bonds. The number of terminal acetylenes is 4. The summed E-state index contributed by atoms with van der Waals surface area (Å²) in [6, 6.07) is 15.4. The Kier molecular flexibility index (Phi) is 13.5. The quantitative estimate of drug-likeness (QED) is 0.474. The van der Waals surface area contributed by atoms with E-state index < -0.39 is 15.8 Å². The summed E-state index contributed by atoms with van der Waals surface area (Å²) in [6.45, 7) is 0. The summed E-state index contributed by atoms with van der Waals surface area (Å²) in [5, 5.41) is 5.23. The maximum atomic E-state index is 5.20. The maximum absolute atomic E-state index is 5.20. The van der Waals surface area contributed by atoms with Gasteiger partial charge in [-0.15, -0.1) is 25.7 Å². The second kappa shape index (κ2) is 18.1. The molecular formula is C36H13NP2. The highest BCUT2D eigenvalue weighted by atomic mass is 31.1. The second-order valence-electron chi connectivity index (χ2n) is 6.35. The Morgan fingerprint density at radius 2 is 0.718 bits per heavy atom. The number of para-hydroxylation sites is 2. The number of anilines is 2. The largest absolute Gasteiger partial charge is 0.354 e. The molecule has 0 saturated carbocycles. The van der Waals surface area contributed by atoms with Crippen LogP contribution in [0.2, 0.25) is 0 Å². The first kappa shape index (κ1) is 29.1. The molecule has 39 heavy (non-hydrogen) atoms. The molecule has 0 saturated heterocycles. The number of hydrogen-bond acceptors (Lipinski definition) is 1. The van der Waals surface area contributed by atoms with E-state index in [4.69, 9.17) is 25.7 Å². The Morgan fingerprint density at radius 1 is 0.410 bits per heavy atom. The number of rotatable bonds is 4. The third kappa shape index (κ3) is 10.5. The lowest BCUT2D eigenvalue weighted by Gasteiger charge is -2.17. The van der Waals surface area contributed by atoms with Crippen LogP contribution in [0, 0.1) is 143 Å². The van der Waals surface area contributed by atoms with E-state index in [-0.39, 0.29) is 0 Å². The molecule has 3 heteroatoms. The first-order chi connectivity index (χ1) is 19.2. The van der Waals surface area contributed by atoms with E-state index in [1.165, 1.54) is 0 Å². The van der Waals surface area contributed by atoms with Gasteiger partial charge < -0.3 is 5.32 Å². The SMILES string of the molecule is C#CC#CC#CP(C#CC#CC#C)c1ccccc1Nc1ccccc1P(C#CC#CC#C)C#CC#CC#C. The highest BCUT2D eigenvalue weighted by molar-refractivity contribution is 7.76. The third-order valence-electron chi connectivity index (χ3n) is 4.02. The zero-order valence-electron chi connectivity index (χ0n) is 20.3. The molecule has 0 aliphatic rings. The summed E-state index contributed by atoms with van der Waals surface area (Å²) in [5.74, 6) is 40.5. The maximum Gasteiger partial charge on any atom is 0.0853 e. The molecule has 2 aromatic carbocycles. The van der Waals surface area contributed by atoms with Crippen molar-refractivity contribution >= 4 is 37.8 Å². The molecule has 0 unspecified atom stereocenters. The number of benzene rings is 2. The summed E-state index contributed by atoms with van der Waals surface area (Å²) in [5.41, 5.74) is 14.0. The molecule has 0 bridgehead atoms. The first-order valence-corrected chi connectivity index (χ1v) is 13.3. The molecule has 0 aromatic heterocycles. The summed E-state index contributed by atoms with van der Waals surface area (Å²) >= 11 is 0. The number of nitrogens with one attached hydrogen (secondary N) is 1. The van der Waals surface area contributed by atoms with E-state index in [0.29, 0.717) is 0 Å². The standard InChI is InChI=1S/C36H13NP2/c1-5-9-13-21-29-38(30-22-14-10-6-2)35-27-19-17-25-33(35)37-34-26-18-20-28-36(34)39(31-23-15-11-7-3)32-24-16-12-8-4/h1-4,17-20,25-28,37H. The van der Waals surface area contributed by atoms with Crippen LogP contribution in [0.3, 0.4) is 0 Å². The van der Waals surface area contributed by atoms with Gasteiger partial charge in [-0.1, -0.05) is 36.4 Å². The molecule has 2 aromatic rings. The molecule has 0 radical (unpaired) electrons. The van der Waals surface area contributed by atoms with Crippen molar-refractivity contribution in [1.29, 1.82) is 0 Å². The Balaban J connectivity index is 2.63. The summed E-state index contributed by atoms with van der Waals surface area (Å²) in [4.78, 5) is 0. The number of hydrogen-bond donors (Lipinski definition) is 1. The fraction of sp³-hybridized carbons (Fsp3) is 0. The van der Waals surface area contributed by atoms with E-state index in [1.807, 2.05) is 48.5 Å². The van der Waals surface area contributed by atoms with E-state index in [0.717, 1.165) is 22.0 Å². The monoisotopic (exact) mass is 521 g/mol. The Labute approximate surface area is 234 Å². The van der Waals surface area contributed by atoms with Crippen molar-refractivity contribution in [3.63, 3.8) is 0 Å². The molecule has 172 valence electrons. The van der Waals surface area contributed by atoms with Crippen molar-refractivity contribution < 1.29 is 0 Å². The highest BCUT2D eigenvalue weighted by Crippen LogP contribution is 2.38. The van der Waals surface area contributed by atoms with Crippen LogP contribution >= 0.6 is 15.8 Å². The van der Waals surface area contributed by atoms with Crippen molar-refractivity contribution in [2.24, 2.45) is 0 Å². The van der Waals surface area contributed by atoms with Gasteiger partial charge in [-0.25, -0.2) is 0 Å². The molecule has 2 rings (SSSR count). The van der Waals surface area contributed by atoms with Crippen molar-refractivity contribution in [1.82, 2.24) is 0 Å². The zero-order chi connectivity index (χ0) is 28.0. The van der Waals surface area contributed by atoms with E-state index >= 15 is 0 Å². The molecule has 0 aliphatic carbocycles. The lowest BCUT2D eigenvalue weighted by molar-refractivity contribution is 1.60. The zero-order valence-corrected chi connectivity index (χ0v) is 22.1. The minimum Gasteiger partial charge on any atom is -0.354 e. The summed E-state index contributed by atoms with van der Waals surface area (Å²) < 4.78 is 0. The van der Waals surface area contributed by atoms with Crippen molar-refractivity contribution in [2.75, 3.05) is 5.32 Å². The van der Waals surface area contributed by atoms with Gasteiger partial charge >= 0.3 is 0 Å². The average molecular weight is 521 g/mol. The van der Waals surface area contributed by atoms with Crippen LogP contribution in [-0.4, -0.2) is 0 Å². The summed E-state index contributed by atoms with van der Waals surface area (Å²) in [7, 11) is -2.62. The second-order valence-corrected chi connectivity index (χ2v) is 9.55. The van der Waals surface area contributed by atoms with Crippen LogP contribution in [0.25, 0.3) is 0 Å². The molecular weight excluding hydrogens is 508 g/mol. The van der Waals surface area contributed by atoms with E-state index in [1.54, 1.807) is 0 Å². The summed E-state index contributed by atoms with van der Waals surface area (Å²) in [6.07, 6.45) is 20.8. The predicted octanol–water partition coefficient (Wildman–Crippen LogP) is 4.03.